The lowest BCUT2D eigenvalue weighted by molar-refractivity contribution is 0.603. The van der Waals surface area contributed by atoms with Crippen LogP contribution in [0.5, 0.6) is 0 Å². The fourth-order valence-electron chi connectivity index (χ4n) is 1.40. The molecule has 0 spiro atoms. The van der Waals surface area contributed by atoms with Crippen LogP contribution in [-0.4, -0.2) is 19.7 Å². The summed E-state index contributed by atoms with van der Waals surface area (Å²) in [7, 11) is 0. The van der Waals surface area contributed by atoms with Crippen molar-refractivity contribution in [3.8, 4) is 11.4 Å². The number of hydrogen-bond acceptors (Lipinski definition) is 3. The summed E-state index contributed by atoms with van der Waals surface area (Å²) in [5.74, 6) is 0.604. The van der Waals surface area contributed by atoms with E-state index in [1.54, 1.807) is 18.7 Å². The Balaban J connectivity index is 2.60. The Labute approximate surface area is 86.8 Å². The minimum absolute atomic E-state index is 0.0522. The molecule has 0 aliphatic carbocycles. The van der Waals surface area contributed by atoms with Gasteiger partial charge in [-0.3, -0.25) is 4.79 Å². The van der Waals surface area contributed by atoms with Gasteiger partial charge >= 0.3 is 0 Å². The number of nitrogens with zero attached hydrogens (tertiary/aromatic N) is 3. The number of nitrogens with one attached hydrogen (secondary N) is 1. The topological polar surface area (TPSA) is 63.6 Å². The molecule has 0 radical (unpaired) electrons. The fourth-order valence-corrected chi connectivity index (χ4v) is 1.40. The summed E-state index contributed by atoms with van der Waals surface area (Å²) in [6.45, 7) is 4.04. The quantitative estimate of drug-likeness (QED) is 0.799. The van der Waals surface area contributed by atoms with Crippen LogP contribution in [0.25, 0.3) is 11.4 Å². The zero-order valence-electron chi connectivity index (χ0n) is 8.64. The number of aromatic nitrogens is 4. The minimum Gasteiger partial charge on any atom is -0.367 e. The molecule has 5 heteroatoms. The molecule has 78 valence electrons. The first-order valence-electron chi connectivity index (χ1n) is 4.77. The first-order valence-corrected chi connectivity index (χ1v) is 4.77. The maximum Gasteiger partial charge on any atom is 0.192 e. The molecule has 0 fully saturated rings. The summed E-state index contributed by atoms with van der Waals surface area (Å²) in [5.41, 5.74) is 0.493. The number of pyridine rings is 1. The maximum absolute atomic E-state index is 11.6. The van der Waals surface area contributed by atoms with Gasteiger partial charge in [-0.15, -0.1) is 10.2 Å². The van der Waals surface area contributed by atoms with Crippen LogP contribution in [0.15, 0.2) is 29.6 Å². The zero-order valence-corrected chi connectivity index (χ0v) is 8.64. The summed E-state index contributed by atoms with van der Waals surface area (Å²) >= 11 is 0. The van der Waals surface area contributed by atoms with Gasteiger partial charge in [0.1, 0.15) is 6.33 Å². The van der Waals surface area contributed by atoms with Crippen molar-refractivity contribution >= 4 is 0 Å². The van der Waals surface area contributed by atoms with Crippen LogP contribution < -0.4 is 5.43 Å². The van der Waals surface area contributed by atoms with Crippen molar-refractivity contribution in [1.82, 2.24) is 19.7 Å². The molecule has 2 aromatic rings. The minimum atomic E-state index is -0.0522. The van der Waals surface area contributed by atoms with Gasteiger partial charge in [0.25, 0.3) is 0 Å². The molecule has 0 aromatic carbocycles. The highest BCUT2D eigenvalue weighted by Gasteiger charge is 2.11. The Hall–Kier alpha value is -1.91. The van der Waals surface area contributed by atoms with Crippen molar-refractivity contribution < 1.29 is 0 Å². The van der Waals surface area contributed by atoms with Crippen molar-refractivity contribution in [2.45, 2.75) is 19.9 Å². The third-order valence-electron chi connectivity index (χ3n) is 2.19. The van der Waals surface area contributed by atoms with Crippen molar-refractivity contribution in [2.75, 3.05) is 0 Å². The molecule has 0 bridgehead atoms. The summed E-state index contributed by atoms with van der Waals surface area (Å²) in [6, 6.07) is 1.71. The lowest BCUT2D eigenvalue weighted by Gasteiger charge is -2.08. The molecular weight excluding hydrogens is 192 g/mol. The molecule has 15 heavy (non-hydrogen) atoms. The molecule has 0 aliphatic heterocycles. The molecule has 0 aliphatic rings. The van der Waals surface area contributed by atoms with E-state index in [-0.39, 0.29) is 11.5 Å². The highest BCUT2D eigenvalue weighted by Crippen LogP contribution is 2.15. The third kappa shape index (κ3) is 1.68. The van der Waals surface area contributed by atoms with E-state index in [1.807, 2.05) is 18.4 Å². The Kier molecular flexibility index (Phi) is 2.37. The van der Waals surface area contributed by atoms with E-state index >= 15 is 0 Å². The zero-order chi connectivity index (χ0) is 10.8. The van der Waals surface area contributed by atoms with Crippen LogP contribution in [0.2, 0.25) is 0 Å². The summed E-state index contributed by atoms with van der Waals surface area (Å²) in [6.07, 6.45) is 4.87. The Bertz CT molecular complexity index is 512. The van der Waals surface area contributed by atoms with Gasteiger partial charge in [-0.2, -0.15) is 0 Å². The molecule has 0 saturated carbocycles. The first kappa shape index (κ1) is 9.64. The number of rotatable bonds is 2. The molecule has 2 heterocycles. The average molecular weight is 204 g/mol. The monoisotopic (exact) mass is 204 g/mol. The van der Waals surface area contributed by atoms with E-state index in [9.17, 15) is 4.79 Å². The molecule has 1 N–H and O–H groups in total. The van der Waals surface area contributed by atoms with Gasteiger partial charge in [-0.05, 0) is 13.8 Å². The van der Waals surface area contributed by atoms with Crippen LogP contribution in [-0.2, 0) is 0 Å². The molecule has 0 saturated heterocycles. The van der Waals surface area contributed by atoms with Gasteiger partial charge in [0.2, 0.25) is 0 Å². The van der Waals surface area contributed by atoms with Gasteiger partial charge in [0.05, 0.1) is 5.56 Å². The second-order valence-corrected chi connectivity index (χ2v) is 3.58. The van der Waals surface area contributed by atoms with Crippen LogP contribution in [0.3, 0.4) is 0 Å². The van der Waals surface area contributed by atoms with E-state index in [4.69, 9.17) is 0 Å². The van der Waals surface area contributed by atoms with Crippen molar-refractivity contribution in [3.05, 3.63) is 35.0 Å². The first-order chi connectivity index (χ1) is 7.20. The van der Waals surface area contributed by atoms with E-state index in [1.165, 1.54) is 6.07 Å². The maximum atomic E-state index is 11.6. The molecule has 2 rings (SSSR count). The summed E-state index contributed by atoms with van der Waals surface area (Å²) < 4.78 is 1.87. The van der Waals surface area contributed by atoms with Crippen LogP contribution in [0.1, 0.15) is 19.9 Å². The van der Waals surface area contributed by atoms with Crippen LogP contribution >= 0.6 is 0 Å². The van der Waals surface area contributed by atoms with Gasteiger partial charge < -0.3 is 9.55 Å². The second-order valence-electron chi connectivity index (χ2n) is 3.58. The highest BCUT2D eigenvalue weighted by molar-refractivity contribution is 5.52. The van der Waals surface area contributed by atoms with Gasteiger partial charge in [-0.25, -0.2) is 0 Å². The van der Waals surface area contributed by atoms with E-state index < -0.39 is 0 Å². The predicted octanol–water partition coefficient (Wildman–Crippen LogP) is 1.21. The molecule has 0 amide bonds. The summed E-state index contributed by atoms with van der Waals surface area (Å²) in [4.78, 5) is 14.5. The Morgan fingerprint density at radius 2 is 2.27 bits per heavy atom. The molecule has 0 unspecified atom stereocenters. The summed E-state index contributed by atoms with van der Waals surface area (Å²) in [5, 5.41) is 7.78. The van der Waals surface area contributed by atoms with Crippen molar-refractivity contribution in [1.29, 1.82) is 0 Å². The number of aromatic amines is 1. The van der Waals surface area contributed by atoms with Gasteiger partial charge in [0, 0.05) is 24.5 Å². The van der Waals surface area contributed by atoms with Crippen molar-refractivity contribution in [3.63, 3.8) is 0 Å². The largest absolute Gasteiger partial charge is 0.367 e. The lowest BCUT2D eigenvalue weighted by Crippen LogP contribution is -2.09. The fraction of sp³-hybridized carbons (Fsp3) is 0.300. The van der Waals surface area contributed by atoms with E-state index in [2.05, 4.69) is 15.2 Å². The second kappa shape index (κ2) is 3.68. The predicted molar refractivity (Wildman–Crippen MR) is 56.5 cm³/mol. The smallest absolute Gasteiger partial charge is 0.192 e. The van der Waals surface area contributed by atoms with Gasteiger partial charge in [-0.1, -0.05) is 0 Å². The standard InChI is InChI=1S/C10H12N4O/c1-7(2)14-6-12-13-10(14)8-5-11-4-3-9(8)15/h3-7H,1-2H3,(H,11,15). The van der Waals surface area contributed by atoms with Crippen LogP contribution in [0.4, 0.5) is 0 Å². The average Bonchev–Trinajstić information content (AvgIpc) is 2.67. The van der Waals surface area contributed by atoms with Crippen molar-refractivity contribution in [2.24, 2.45) is 0 Å². The van der Waals surface area contributed by atoms with E-state index in [0.717, 1.165) is 0 Å². The highest BCUT2D eigenvalue weighted by atomic mass is 16.1. The molecule has 2 aromatic heterocycles. The Morgan fingerprint density at radius 3 is 2.93 bits per heavy atom. The third-order valence-corrected chi connectivity index (χ3v) is 2.19. The molecular formula is C10H12N4O. The Morgan fingerprint density at radius 1 is 1.47 bits per heavy atom. The van der Waals surface area contributed by atoms with E-state index in [0.29, 0.717) is 11.4 Å². The number of H-pyrrole nitrogens is 1. The van der Waals surface area contributed by atoms with Gasteiger partial charge in [0.15, 0.2) is 11.3 Å². The van der Waals surface area contributed by atoms with Crippen LogP contribution in [0, 0.1) is 0 Å². The molecule has 5 nitrogen and oxygen atoms in total. The molecule has 0 atom stereocenters. The number of hydrogen-bond donors (Lipinski definition) is 1. The SMILES string of the molecule is CC(C)n1cnnc1-c1c[nH]ccc1=O. The lowest BCUT2D eigenvalue weighted by atomic mass is 10.2. The normalized spacial score (nSPS) is 10.9.